The largest absolute Gasteiger partial charge is 0.455 e. The molecule has 2 aromatic heterocycles. The second-order valence-corrected chi connectivity index (χ2v) is 4.25. The molecule has 0 saturated carbocycles. The van der Waals surface area contributed by atoms with Gasteiger partial charge in [-0.2, -0.15) is 0 Å². The van der Waals surface area contributed by atoms with E-state index in [2.05, 4.69) is 9.97 Å². The van der Waals surface area contributed by atoms with Crippen LogP contribution in [0.2, 0.25) is 5.02 Å². The number of halogens is 1. The molecule has 18 heavy (non-hydrogen) atoms. The first kappa shape index (κ1) is 10.9. The lowest BCUT2D eigenvalue weighted by molar-refractivity contribution is 0.488. The number of hydrogen-bond acceptors (Lipinski definition) is 3. The van der Waals surface area contributed by atoms with E-state index in [1.807, 2.05) is 12.3 Å². The van der Waals surface area contributed by atoms with Gasteiger partial charge in [-0.3, -0.25) is 0 Å². The maximum Gasteiger partial charge on any atom is 0.146 e. The van der Waals surface area contributed by atoms with Gasteiger partial charge in [0, 0.05) is 18.1 Å². The minimum atomic E-state index is 0.482. The van der Waals surface area contributed by atoms with Crippen LogP contribution >= 0.6 is 11.6 Å². The summed E-state index contributed by atoms with van der Waals surface area (Å²) in [6.45, 7) is 0. The van der Waals surface area contributed by atoms with Crippen molar-refractivity contribution >= 4 is 28.3 Å². The SMILES string of the molecule is Nc1ccc(Oc2ccnc3[nH]ccc23)c(Cl)c1. The number of anilines is 1. The lowest BCUT2D eigenvalue weighted by atomic mass is 10.3. The fraction of sp³-hybridized carbons (Fsp3) is 0. The molecule has 2 heterocycles. The number of nitrogens with two attached hydrogens (primary N) is 1. The van der Waals surface area contributed by atoms with E-state index < -0.39 is 0 Å². The summed E-state index contributed by atoms with van der Waals surface area (Å²) in [5.74, 6) is 1.27. The summed E-state index contributed by atoms with van der Waals surface area (Å²) >= 11 is 6.08. The van der Waals surface area contributed by atoms with E-state index in [0.717, 1.165) is 11.0 Å². The number of hydrogen-bond donors (Lipinski definition) is 2. The number of fused-ring (bicyclic) bond motifs is 1. The Morgan fingerprint density at radius 1 is 1.17 bits per heavy atom. The third kappa shape index (κ3) is 1.87. The highest BCUT2D eigenvalue weighted by Crippen LogP contribution is 2.33. The molecule has 0 atom stereocenters. The topological polar surface area (TPSA) is 63.9 Å². The first-order valence-electron chi connectivity index (χ1n) is 5.39. The van der Waals surface area contributed by atoms with Crippen LogP contribution in [0, 0.1) is 0 Å². The molecule has 4 nitrogen and oxygen atoms in total. The van der Waals surface area contributed by atoms with Crippen molar-refractivity contribution in [1.29, 1.82) is 0 Å². The second-order valence-electron chi connectivity index (χ2n) is 3.84. The first-order chi connectivity index (χ1) is 8.74. The van der Waals surface area contributed by atoms with E-state index in [4.69, 9.17) is 22.1 Å². The summed E-state index contributed by atoms with van der Waals surface area (Å²) in [4.78, 5) is 7.22. The van der Waals surface area contributed by atoms with Crippen LogP contribution in [0.3, 0.4) is 0 Å². The number of rotatable bonds is 2. The van der Waals surface area contributed by atoms with Gasteiger partial charge in [0.05, 0.1) is 10.4 Å². The van der Waals surface area contributed by atoms with Crippen LogP contribution in [0.25, 0.3) is 11.0 Å². The van der Waals surface area contributed by atoms with Gasteiger partial charge in [-0.15, -0.1) is 0 Å². The lowest BCUT2D eigenvalue weighted by Crippen LogP contribution is -1.89. The molecule has 0 aliphatic carbocycles. The summed E-state index contributed by atoms with van der Waals surface area (Å²) < 4.78 is 5.79. The summed E-state index contributed by atoms with van der Waals surface area (Å²) in [5, 5.41) is 1.39. The number of nitrogen functional groups attached to an aromatic ring is 1. The number of nitrogens with zero attached hydrogens (tertiary/aromatic N) is 1. The maximum absolute atomic E-state index is 6.08. The number of benzene rings is 1. The van der Waals surface area contributed by atoms with Crippen LogP contribution in [0.5, 0.6) is 11.5 Å². The minimum Gasteiger partial charge on any atom is -0.455 e. The van der Waals surface area contributed by atoms with Crippen LogP contribution in [0.1, 0.15) is 0 Å². The molecule has 0 aliphatic heterocycles. The maximum atomic E-state index is 6.08. The number of pyridine rings is 1. The third-order valence-electron chi connectivity index (χ3n) is 2.60. The van der Waals surface area contributed by atoms with Gasteiger partial charge >= 0.3 is 0 Å². The van der Waals surface area contributed by atoms with Gasteiger partial charge in [0.2, 0.25) is 0 Å². The monoisotopic (exact) mass is 259 g/mol. The van der Waals surface area contributed by atoms with Gasteiger partial charge < -0.3 is 15.5 Å². The van der Waals surface area contributed by atoms with E-state index in [1.54, 1.807) is 30.5 Å². The zero-order chi connectivity index (χ0) is 12.5. The number of ether oxygens (including phenoxy) is 1. The summed E-state index contributed by atoms with van der Waals surface area (Å²) in [5.41, 5.74) is 7.02. The number of aromatic amines is 1. The number of aromatic nitrogens is 2. The van der Waals surface area contributed by atoms with E-state index in [9.17, 15) is 0 Å². The second kappa shape index (κ2) is 4.23. The van der Waals surface area contributed by atoms with Crippen molar-refractivity contribution in [3.05, 3.63) is 47.7 Å². The van der Waals surface area contributed by atoms with Crippen LogP contribution in [-0.2, 0) is 0 Å². The molecular weight excluding hydrogens is 250 g/mol. The predicted octanol–water partition coefficient (Wildman–Crippen LogP) is 3.59. The van der Waals surface area contributed by atoms with E-state index in [0.29, 0.717) is 22.2 Å². The Morgan fingerprint density at radius 3 is 2.89 bits per heavy atom. The summed E-state index contributed by atoms with van der Waals surface area (Å²) in [7, 11) is 0. The van der Waals surface area contributed by atoms with Crippen LogP contribution in [-0.4, -0.2) is 9.97 Å². The average molecular weight is 260 g/mol. The Balaban J connectivity index is 2.03. The third-order valence-corrected chi connectivity index (χ3v) is 2.89. The summed E-state index contributed by atoms with van der Waals surface area (Å²) in [6, 6.07) is 8.85. The van der Waals surface area contributed by atoms with Crippen molar-refractivity contribution in [1.82, 2.24) is 9.97 Å². The number of H-pyrrole nitrogens is 1. The molecule has 0 fully saturated rings. The van der Waals surface area contributed by atoms with Gasteiger partial charge in [0.1, 0.15) is 17.1 Å². The summed E-state index contributed by atoms with van der Waals surface area (Å²) in [6.07, 6.45) is 3.49. The predicted molar refractivity (Wildman–Crippen MR) is 72.0 cm³/mol. The molecule has 5 heteroatoms. The molecule has 1 aromatic carbocycles. The molecule has 3 rings (SSSR count). The molecule has 0 amide bonds. The Kier molecular flexibility index (Phi) is 2.57. The Bertz CT molecular complexity index is 708. The van der Waals surface area contributed by atoms with Gasteiger partial charge in [0.15, 0.2) is 0 Å². The molecule has 0 bridgehead atoms. The standard InChI is InChI=1S/C13H10ClN3O/c14-10-7-8(15)1-2-12(10)18-11-4-6-17-13-9(11)3-5-16-13/h1-7H,15H2,(H,16,17). The highest BCUT2D eigenvalue weighted by molar-refractivity contribution is 6.32. The normalized spacial score (nSPS) is 10.7. The van der Waals surface area contributed by atoms with Crippen molar-refractivity contribution in [2.75, 3.05) is 5.73 Å². The molecule has 90 valence electrons. The first-order valence-corrected chi connectivity index (χ1v) is 5.77. The van der Waals surface area contributed by atoms with Crippen LogP contribution in [0.4, 0.5) is 5.69 Å². The molecule has 0 spiro atoms. The van der Waals surface area contributed by atoms with Gasteiger partial charge in [0.25, 0.3) is 0 Å². The zero-order valence-corrected chi connectivity index (χ0v) is 10.1. The molecule has 0 aliphatic rings. The van der Waals surface area contributed by atoms with Crippen LogP contribution < -0.4 is 10.5 Å². The molecule has 0 unspecified atom stereocenters. The van der Waals surface area contributed by atoms with Crippen molar-refractivity contribution < 1.29 is 4.74 Å². The fourth-order valence-electron chi connectivity index (χ4n) is 1.74. The average Bonchev–Trinajstić information content (AvgIpc) is 2.82. The fourth-order valence-corrected chi connectivity index (χ4v) is 1.97. The minimum absolute atomic E-state index is 0.482. The lowest BCUT2D eigenvalue weighted by Gasteiger charge is -2.08. The van der Waals surface area contributed by atoms with Crippen molar-refractivity contribution in [3.8, 4) is 11.5 Å². The highest BCUT2D eigenvalue weighted by atomic mass is 35.5. The molecule has 0 saturated heterocycles. The van der Waals surface area contributed by atoms with Crippen LogP contribution in [0.15, 0.2) is 42.7 Å². The Morgan fingerprint density at radius 2 is 2.06 bits per heavy atom. The smallest absolute Gasteiger partial charge is 0.146 e. The molecule has 3 N–H and O–H groups in total. The Hall–Kier alpha value is -2.20. The molecule has 0 radical (unpaired) electrons. The van der Waals surface area contributed by atoms with Crippen molar-refractivity contribution in [2.24, 2.45) is 0 Å². The van der Waals surface area contributed by atoms with E-state index in [1.165, 1.54) is 0 Å². The number of nitrogens with one attached hydrogen (secondary N) is 1. The van der Waals surface area contributed by atoms with Crippen molar-refractivity contribution in [2.45, 2.75) is 0 Å². The molecular formula is C13H10ClN3O. The zero-order valence-electron chi connectivity index (χ0n) is 9.35. The highest BCUT2D eigenvalue weighted by Gasteiger charge is 2.07. The van der Waals surface area contributed by atoms with Gasteiger partial charge in [-0.05, 0) is 30.3 Å². The van der Waals surface area contributed by atoms with Crippen molar-refractivity contribution in [3.63, 3.8) is 0 Å². The van der Waals surface area contributed by atoms with E-state index >= 15 is 0 Å². The van der Waals surface area contributed by atoms with Gasteiger partial charge in [-0.1, -0.05) is 11.6 Å². The Labute approximate surface area is 108 Å². The van der Waals surface area contributed by atoms with Gasteiger partial charge in [-0.25, -0.2) is 4.98 Å². The quantitative estimate of drug-likeness (QED) is 0.691. The van der Waals surface area contributed by atoms with E-state index in [-0.39, 0.29) is 0 Å². The molecule has 3 aromatic rings.